The van der Waals surface area contributed by atoms with Gasteiger partial charge in [-0.15, -0.1) is 0 Å². The molecule has 0 bridgehead atoms. The number of carbonyl (C=O) groups excluding carboxylic acids is 2. The Hall–Kier alpha value is -1.84. The van der Waals surface area contributed by atoms with Crippen LogP contribution in [0.25, 0.3) is 0 Å². The monoisotopic (exact) mass is 286 g/mol. The van der Waals surface area contributed by atoms with Crippen molar-refractivity contribution in [2.45, 2.75) is 45.1 Å². The maximum Gasteiger partial charge on any atom is 0.327 e. The van der Waals surface area contributed by atoms with Crippen molar-refractivity contribution >= 4 is 11.9 Å². The number of imide groups is 1. The third-order valence-corrected chi connectivity index (χ3v) is 4.63. The topological polar surface area (TPSA) is 40.6 Å². The summed E-state index contributed by atoms with van der Waals surface area (Å²) in [6, 6.07) is 8.02. The van der Waals surface area contributed by atoms with Gasteiger partial charge in [-0.05, 0) is 37.7 Å². The summed E-state index contributed by atoms with van der Waals surface area (Å²) in [5.41, 5.74) is 2.39. The average Bonchev–Trinajstić information content (AvgIpc) is 2.73. The van der Waals surface area contributed by atoms with E-state index in [2.05, 4.69) is 38.1 Å². The molecule has 3 amide bonds. The fourth-order valence-electron chi connectivity index (χ4n) is 3.29. The van der Waals surface area contributed by atoms with Crippen molar-refractivity contribution < 1.29 is 9.59 Å². The Labute approximate surface area is 125 Å². The lowest BCUT2D eigenvalue weighted by atomic mass is 9.99. The number of carbonyl (C=O) groups is 2. The normalized spacial score (nSPS) is 23.4. The second kappa shape index (κ2) is 5.51. The molecule has 0 aromatic heterocycles. The maximum absolute atomic E-state index is 12.4. The fourth-order valence-corrected chi connectivity index (χ4v) is 3.29. The van der Waals surface area contributed by atoms with Crippen LogP contribution in [0.3, 0.4) is 0 Å². The van der Waals surface area contributed by atoms with Crippen molar-refractivity contribution in [3.05, 3.63) is 35.4 Å². The zero-order valence-corrected chi connectivity index (χ0v) is 12.7. The van der Waals surface area contributed by atoms with Gasteiger partial charge in [0.25, 0.3) is 5.91 Å². The molecule has 2 saturated heterocycles. The summed E-state index contributed by atoms with van der Waals surface area (Å²) in [5.74, 6) is 0.165. The number of hydrogen-bond donors (Lipinski definition) is 0. The number of rotatable bonds is 3. The molecule has 2 aliphatic rings. The summed E-state index contributed by atoms with van der Waals surface area (Å²) in [7, 11) is 0. The van der Waals surface area contributed by atoms with Crippen LogP contribution in [-0.2, 0) is 4.79 Å². The molecule has 2 fully saturated rings. The minimum atomic E-state index is -0.198. The van der Waals surface area contributed by atoms with Gasteiger partial charge in [-0.3, -0.25) is 9.69 Å². The minimum absolute atomic E-state index is 0.00124. The second-order valence-electron chi connectivity index (χ2n) is 6.25. The van der Waals surface area contributed by atoms with Gasteiger partial charge in [0.05, 0.1) is 0 Å². The van der Waals surface area contributed by atoms with E-state index in [0.29, 0.717) is 6.54 Å². The lowest BCUT2D eigenvalue weighted by molar-refractivity contribution is -0.129. The summed E-state index contributed by atoms with van der Waals surface area (Å²) in [4.78, 5) is 28.1. The first-order valence-corrected chi connectivity index (χ1v) is 7.76. The second-order valence-corrected chi connectivity index (χ2v) is 6.25. The molecule has 1 aromatic rings. The summed E-state index contributed by atoms with van der Waals surface area (Å²) >= 11 is 0. The van der Waals surface area contributed by atoms with Gasteiger partial charge in [0, 0.05) is 13.1 Å². The van der Waals surface area contributed by atoms with Crippen LogP contribution in [0.5, 0.6) is 0 Å². The predicted molar refractivity (Wildman–Crippen MR) is 81.0 cm³/mol. The van der Waals surface area contributed by atoms with E-state index in [0.717, 1.165) is 25.8 Å². The molecule has 0 unspecified atom stereocenters. The van der Waals surface area contributed by atoms with Gasteiger partial charge in [0.2, 0.25) is 0 Å². The molecule has 3 rings (SSSR count). The van der Waals surface area contributed by atoms with Gasteiger partial charge in [0.1, 0.15) is 6.04 Å². The Morgan fingerprint density at radius 3 is 2.57 bits per heavy atom. The molecule has 0 spiro atoms. The van der Waals surface area contributed by atoms with E-state index in [1.54, 1.807) is 4.90 Å². The van der Waals surface area contributed by atoms with E-state index in [-0.39, 0.29) is 23.9 Å². The first-order chi connectivity index (χ1) is 10.1. The number of urea groups is 1. The molecule has 0 radical (unpaired) electrons. The van der Waals surface area contributed by atoms with Crippen molar-refractivity contribution in [3.63, 3.8) is 0 Å². The van der Waals surface area contributed by atoms with Gasteiger partial charge in [-0.2, -0.15) is 0 Å². The molecule has 4 heteroatoms. The highest BCUT2D eigenvalue weighted by atomic mass is 16.2. The number of amides is 3. The Balaban J connectivity index is 1.73. The lowest BCUT2D eigenvalue weighted by Gasteiger charge is -2.26. The summed E-state index contributed by atoms with van der Waals surface area (Å²) < 4.78 is 0. The van der Waals surface area contributed by atoms with Crippen LogP contribution in [0.15, 0.2) is 24.3 Å². The summed E-state index contributed by atoms with van der Waals surface area (Å²) in [6.45, 7) is 5.33. The van der Waals surface area contributed by atoms with Gasteiger partial charge in [0.15, 0.2) is 0 Å². The van der Waals surface area contributed by atoms with Crippen molar-refractivity contribution in [2.75, 3.05) is 13.1 Å². The fraction of sp³-hybridized carbons (Fsp3) is 0.529. The number of fused-ring (bicyclic) bond motifs is 1. The van der Waals surface area contributed by atoms with Crippen LogP contribution >= 0.6 is 0 Å². The van der Waals surface area contributed by atoms with Crippen molar-refractivity contribution in [1.82, 2.24) is 9.80 Å². The van der Waals surface area contributed by atoms with E-state index < -0.39 is 0 Å². The van der Waals surface area contributed by atoms with E-state index in [1.807, 2.05) is 0 Å². The summed E-state index contributed by atoms with van der Waals surface area (Å²) in [5, 5.41) is 0. The van der Waals surface area contributed by atoms with Crippen LogP contribution in [-0.4, -0.2) is 40.9 Å². The first-order valence-electron chi connectivity index (χ1n) is 7.76. The Morgan fingerprint density at radius 1 is 1.19 bits per heavy atom. The van der Waals surface area contributed by atoms with Gasteiger partial charge < -0.3 is 4.90 Å². The standard InChI is InChI=1S/C17H22N2O2/c1-12-6-8-14(9-7-12)13(2)11-19-16(20)15-5-3-4-10-18(15)17(19)21/h6-9,13,15H,3-5,10-11H2,1-2H3/t13-,15-/m0/s1. The number of aryl methyl sites for hydroxylation is 1. The quantitative estimate of drug-likeness (QED) is 0.802. The van der Waals surface area contributed by atoms with Crippen LogP contribution in [0.4, 0.5) is 4.79 Å². The predicted octanol–water partition coefficient (Wildman–Crippen LogP) is 2.92. The molecule has 112 valence electrons. The van der Waals surface area contributed by atoms with Crippen molar-refractivity contribution in [3.8, 4) is 0 Å². The lowest BCUT2D eigenvalue weighted by Crippen LogP contribution is -2.39. The first kappa shape index (κ1) is 14.1. The molecule has 0 aliphatic carbocycles. The van der Waals surface area contributed by atoms with Crippen LogP contribution in [0.2, 0.25) is 0 Å². The van der Waals surface area contributed by atoms with Gasteiger partial charge in [-0.25, -0.2) is 4.79 Å². The third kappa shape index (κ3) is 2.55. The van der Waals surface area contributed by atoms with Gasteiger partial charge >= 0.3 is 6.03 Å². The third-order valence-electron chi connectivity index (χ3n) is 4.63. The molecule has 2 heterocycles. The smallest absolute Gasteiger partial charge is 0.312 e. The highest BCUT2D eigenvalue weighted by molar-refractivity contribution is 6.04. The Kier molecular flexibility index (Phi) is 3.70. The van der Waals surface area contributed by atoms with E-state index in [1.165, 1.54) is 16.0 Å². The van der Waals surface area contributed by atoms with E-state index >= 15 is 0 Å². The maximum atomic E-state index is 12.4. The molecule has 0 N–H and O–H groups in total. The molecule has 2 atom stereocenters. The average molecular weight is 286 g/mol. The number of hydrogen-bond acceptors (Lipinski definition) is 2. The number of piperidine rings is 1. The SMILES string of the molecule is Cc1ccc([C@@H](C)CN2C(=O)[C@@H]3CCCCN3C2=O)cc1. The molecule has 0 saturated carbocycles. The molecule has 2 aliphatic heterocycles. The highest BCUT2D eigenvalue weighted by Crippen LogP contribution is 2.28. The minimum Gasteiger partial charge on any atom is -0.312 e. The summed E-state index contributed by atoms with van der Waals surface area (Å²) in [6.07, 6.45) is 2.87. The number of nitrogens with zero attached hydrogens (tertiary/aromatic N) is 2. The van der Waals surface area contributed by atoms with E-state index in [9.17, 15) is 9.59 Å². The van der Waals surface area contributed by atoms with Crippen LogP contribution < -0.4 is 0 Å². The zero-order chi connectivity index (χ0) is 15.0. The van der Waals surface area contributed by atoms with E-state index in [4.69, 9.17) is 0 Å². The van der Waals surface area contributed by atoms with Gasteiger partial charge in [-0.1, -0.05) is 36.8 Å². The number of benzene rings is 1. The Morgan fingerprint density at radius 2 is 1.90 bits per heavy atom. The molecule has 21 heavy (non-hydrogen) atoms. The molecular formula is C17H22N2O2. The van der Waals surface area contributed by atoms with Crippen molar-refractivity contribution in [2.24, 2.45) is 0 Å². The molecule has 4 nitrogen and oxygen atoms in total. The Bertz CT molecular complexity index is 528. The van der Waals surface area contributed by atoms with Crippen LogP contribution in [0, 0.1) is 6.92 Å². The largest absolute Gasteiger partial charge is 0.327 e. The van der Waals surface area contributed by atoms with Crippen molar-refractivity contribution in [1.29, 1.82) is 0 Å². The zero-order valence-electron chi connectivity index (χ0n) is 12.7. The molecular weight excluding hydrogens is 264 g/mol. The van der Waals surface area contributed by atoms with Crippen LogP contribution in [0.1, 0.15) is 43.2 Å². The molecule has 1 aromatic carbocycles. The highest BCUT2D eigenvalue weighted by Gasteiger charge is 2.45.